The van der Waals surface area contributed by atoms with E-state index in [1.807, 2.05) is 0 Å². The topological polar surface area (TPSA) is 32.6 Å². The van der Waals surface area contributed by atoms with Gasteiger partial charge in [-0.25, -0.2) is 0 Å². The lowest BCUT2D eigenvalue weighted by molar-refractivity contribution is 0.291. The van der Waals surface area contributed by atoms with E-state index < -0.39 is 14.2 Å². The van der Waals surface area contributed by atoms with E-state index in [4.69, 9.17) is 0 Å². The van der Waals surface area contributed by atoms with Gasteiger partial charge in [0.2, 0.25) is 0 Å². The molecule has 0 radical (unpaired) electrons. The van der Waals surface area contributed by atoms with Crippen LogP contribution in [0.3, 0.4) is 0 Å². The van der Waals surface area contributed by atoms with Crippen molar-refractivity contribution in [1.29, 1.82) is 0 Å². The molecular formula is C8H17NOSi. The van der Waals surface area contributed by atoms with E-state index in [9.17, 15) is 5.11 Å². The fraction of sp³-hybridized carbons (Fsp3) is 0.625. The second-order valence-corrected chi connectivity index (χ2v) is 8.55. The molecule has 0 aromatic rings. The molecule has 0 aromatic carbocycles. The molecule has 0 heterocycles. The number of hydrogen-bond acceptors (Lipinski definition) is 2. The molecule has 0 saturated carbocycles. The van der Waals surface area contributed by atoms with Crippen LogP contribution in [0.4, 0.5) is 0 Å². The summed E-state index contributed by atoms with van der Waals surface area (Å²) in [5, 5.41) is 10.3. The van der Waals surface area contributed by atoms with Gasteiger partial charge in [-0.15, -0.1) is 6.58 Å². The minimum atomic E-state index is -1.44. The average molecular weight is 171 g/mol. The molecular weight excluding hydrogens is 154 g/mol. The van der Waals surface area contributed by atoms with Gasteiger partial charge < -0.3 is 5.11 Å². The van der Waals surface area contributed by atoms with E-state index in [1.54, 1.807) is 7.05 Å². The first-order valence-corrected chi connectivity index (χ1v) is 7.21. The van der Waals surface area contributed by atoms with E-state index in [2.05, 4.69) is 31.2 Å². The third kappa shape index (κ3) is 2.99. The van der Waals surface area contributed by atoms with Crippen LogP contribution in [0.5, 0.6) is 0 Å². The van der Waals surface area contributed by atoms with Crippen molar-refractivity contribution in [1.82, 2.24) is 0 Å². The zero-order valence-corrected chi connectivity index (χ0v) is 8.76. The molecule has 64 valence electrons. The largest absolute Gasteiger partial charge is 0.383 e. The van der Waals surface area contributed by atoms with Gasteiger partial charge in [0.05, 0.1) is 8.07 Å². The summed E-state index contributed by atoms with van der Waals surface area (Å²) >= 11 is 0. The van der Waals surface area contributed by atoms with Gasteiger partial charge in [0.15, 0.2) is 0 Å². The summed E-state index contributed by atoms with van der Waals surface area (Å²) < 4.78 is 0. The SMILES string of the molecule is C=CC(O)C(=NC)[Si](C)(C)C. The van der Waals surface area contributed by atoms with Crippen LogP contribution in [0.2, 0.25) is 19.6 Å². The second-order valence-electron chi connectivity index (χ2n) is 3.54. The van der Waals surface area contributed by atoms with E-state index >= 15 is 0 Å². The van der Waals surface area contributed by atoms with Crippen molar-refractivity contribution in [2.75, 3.05) is 7.05 Å². The molecule has 3 heteroatoms. The van der Waals surface area contributed by atoms with Crippen molar-refractivity contribution in [3.05, 3.63) is 12.7 Å². The maximum absolute atomic E-state index is 9.44. The Morgan fingerprint density at radius 3 is 2.09 bits per heavy atom. The van der Waals surface area contributed by atoms with Crippen molar-refractivity contribution in [2.45, 2.75) is 25.7 Å². The van der Waals surface area contributed by atoms with Gasteiger partial charge in [0, 0.05) is 12.4 Å². The Labute approximate surface area is 69.7 Å². The molecule has 1 N–H and O–H groups in total. The second kappa shape index (κ2) is 3.83. The number of rotatable bonds is 3. The lowest BCUT2D eigenvalue weighted by Crippen LogP contribution is -2.41. The Bertz CT molecular complexity index is 169. The van der Waals surface area contributed by atoms with Gasteiger partial charge in [-0.3, -0.25) is 4.99 Å². The molecule has 0 aliphatic rings. The van der Waals surface area contributed by atoms with Crippen molar-refractivity contribution >= 4 is 13.4 Å². The average Bonchev–Trinajstić information content (AvgIpc) is 1.86. The van der Waals surface area contributed by atoms with Crippen LogP contribution in [0.1, 0.15) is 0 Å². The first-order chi connectivity index (χ1) is 4.93. The molecule has 0 bridgehead atoms. The van der Waals surface area contributed by atoms with Gasteiger partial charge >= 0.3 is 0 Å². The van der Waals surface area contributed by atoms with Crippen molar-refractivity contribution in [3.8, 4) is 0 Å². The molecule has 0 rings (SSSR count). The molecule has 11 heavy (non-hydrogen) atoms. The maximum atomic E-state index is 9.44. The van der Waals surface area contributed by atoms with Gasteiger partial charge in [-0.05, 0) is 0 Å². The highest BCUT2D eigenvalue weighted by Gasteiger charge is 2.25. The maximum Gasteiger partial charge on any atom is 0.105 e. The highest BCUT2D eigenvalue weighted by Crippen LogP contribution is 2.08. The number of nitrogens with zero attached hydrogens (tertiary/aromatic N) is 1. The van der Waals surface area contributed by atoms with Crippen molar-refractivity contribution < 1.29 is 5.11 Å². The predicted molar refractivity (Wildman–Crippen MR) is 52.9 cm³/mol. The minimum Gasteiger partial charge on any atom is -0.383 e. The molecule has 0 spiro atoms. The quantitative estimate of drug-likeness (QED) is 0.389. The third-order valence-electron chi connectivity index (χ3n) is 1.51. The molecule has 0 aliphatic heterocycles. The van der Waals surface area contributed by atoms with Crippen LogP contribution < -0.4 is 0 Å². The summed E-state index contributed by atoms with van der Waals surface area (Å²) in [5.41, 5.74) is 0. The zero-order chi connectivity index (χ0) is 9.07. The molecule has 0 saturated heterocycles. The summed E-state index contributed by atoms with van der Waals surface area (Å²) in [6.07, 6.45) is 0.979. The predicted octanol–water partition coefficient (Wildman–Crippen LogP) is 1.48. The third-order valence-corrected chi connectivity index (χ3v) is 3.57. The molecule has 2 nitrogen and oxygen atoms in total. The number of aliphatic imine (C=N–C) groups is 1. The van der Waals surface area contributed by atoms with E-state index in [0.29, 0.717) is 0 Å². The molecule has 0 amide bonds. The lowest BCUT2D eigenvalue weighted by Gasteiger charge is -2.21. The van der Waals surface area contributed by atoms with Gasteiger partial charge in [0.25, 0.3) is 0 Å². The van der Waals surface area contributed by atoms with Crippen LogP contribution in [-0.2, 0) is 0 Å². The van der Waals surface area contributed by atoms with E-state index in [-0.39, 0.29) is 0 Å². The summed E-state index contributed by atoms with van der Waals surface area (Å²) in [7, 11) is 0.281. The Hall–Kier alpha value is -0.413. The molecule has 0 aliphatic carbocycles. The number of hydrogen-bond donors (Lipinski definition) is 1. The summed E-state index contributed by atoms with van der Waals surface area (Å²) in [4.78, 5) is 4.09. The standard InChI is InChI=1S/C8H17NOSi/c1-6-7(10)8(9-2)11(3,4)5/h6-7,10H,1H2,2-5H3. The lowest BCUT2D eigenvalue weighted by atomic mass is 10.4. The highest BCUT2D eigenvalue weighted by atomic mass is 28.3. The smallest absolute Gasteiger partial charge is 0.105 e. The summed E-state index contributed by atoms with van der Waals surface area (Å²) in [5.74, 6) is 0. The van der Waals surface area contributed by atoms with Gasteiger partial charge in [-0.2, -0.15) is 0 Å². The normalized spacial score (nSPS) is 16.3. The van der Waals surface area contributed by atoms with Gasteiger partial charge in [0.1, 0.15) is 6.10 Å². The molecule has 0 aromatic heterocycles. The number of aliphatic hydroxyl groups is 1. The Kier molecular flexibility index (Phi) is 3.69. The minimum absolute atomic E-state index is 0.549. The Morgan fingerprint density at radius 1 is 1.55 bits per heavy atom. The first kappa shape index (κ1) is 10.6. The Morgan fingerprint density at radius 2 is 2.00 bits per heavy atom. The number of aliphatic hydroxyl groups excluding tert-OH is 1. The van der Waals surface area contributed by atoms with Crippen LogP contribution in [-0.4, -0.2) is 31.7 Å². The van der Waals surface area contributed by atoms with E-state index in [0.717, 1.165) is 5.33 Å². The van der Waals surface area contributed by atoms with Crippen LogP contribution in [0.15, 0.2) is 17.6 Å². The van der Waals surface area contributed by atoms with Crippen LogP contribution >= 0.6 is 0 Å². The fourth-order valence-corrected chi connectivity index (χ4v) is 2.70. The molecule has 0 fully saturated rings. The van der Waals surface area contributed by atoms with Crippen molar-refractivity contribution in [2.24, 2.45) is 4.99 Å². The Balaban J connectivity index is 4.57. The summed E-state index contributed by atoms with van der Waals surface area (Å²) in [6, 6.07) is 0. The van der Waals surface area contributed by atoms with Crippen LogP contribution in [0.25, 0.3) is 0 Å². The monoisotopic (exact) mass is 171 g/mol. The first-order valence-electron chi connectivity index (χ1n) is 3.71. The highest BCUT2D eigenvalue weighted by molar-refractivity contribution is 7.05. The molecule has 1 unspecified atom stereocenters. The van der Waals surface area contributed by atoms with Gasteiger partial charge in [-0.1, -0.05) is 25.7 Å². The fourth-order valence-electron chi connectivity index (χ4n) is 1.02. The van der Waals surface area contributed by atoms with Crippen LogP contribution in [0, 0.1) is 0 Å². The zero-order valence-electron chi connectivity index (χ0n) is 7.76. The van der Waals surface area contributed by atoms with E-state index in [1.165, 1.54) is 6.08 Å². The summed E-state index contributed by atoms with van der Waals surface area (Å²) in [6.45, 7) is 10.00. The van der Waals surface area contributed by atoms with Crippen molar-refractivity contribution in [3.63, 3.8) is 0 Å². The molecule has 1 atom stereocenters.